The molecule has 2 aromatic carbocycles. The summed E-state index contributed by atoms with van der Waals surface area (Å²) in [5, 5.41) is 21.1. The lowest BCUT2D eigenvalue weighted by Crippen LogP contribution is -2.39. The van der Waals surface area contributed by atoms with Crippen molar-refractivity contribution in [1.29, 1.82) is 5.26 Å². The molecule has 0 aliphatic rings. The van der Waals surface area contributed by atoms with Crippen LogP contribution in [0.2, 0.25) is 0 Å². The summed E-state index contributed by atoms with van der Waals surface area (Å²) in [5.41, 5.74) is 0.845. The van der Waals surface area contributed by atoms with Crippen molar-refractivity contribution in [3.8, 4) is 23.3 Å². The first kappa shape index (κ1) is 21.6. The minimum atomic E-state index is -1.08. The van der Waals surface area contributed by atoms with Crippen LogP contribution in [0.4, 0.5) is 0 Å². The summed E-state index contributed by atoms with van der Waals surface area (Å²) in [6.07, 6.45) is -1.27. The van der Waals surface area contributed by atoms with Gasteiger partial charge in [0.2, 0.25) is 0 Å². The zero-order chi connectivity index (χ0) is 21.4. The van der Waals surface area contributed by atoms with Crippen molar-refractivity contribution in [2.24, 2.45) is 0 Å². The molecule has 2 aromatic rings. The second-order valence-electron chi connectivity index (χ2n) is 6.14. The van der Waals surface area contributed by atoms with Gasteiger partial charge in [0.15, 0.2) is 17.6 Å². The van der Waals surface area contributed by atoms with E-state index in [1.807, 2.05) is 6.07 Å². The molecule has 152 valence electrons. The number of carboxylic acid groups (broad SMARTS) is 1. The second kappa shape index (κ2) is 9.99. The lowest BCUT2D eigenvalue weighted by atomic mass is 10.0. The number of rotatable bonds is 9. The van der Waals surface area contributed by atoms with E-state index in [9.17, 15) is 14.7 Å². The molecular weight excluding hydrogens is 376 g/mol. The van der Waals surface area contributed by atoms with Crippen molar-refractivity contribution in [3.63, 3.8) is 0 Å². The van der Waals surface area contributed by atoms with Crippen LogP contribution in [0.5, 0.6) is 17.2 Å². The number of carbonyl (C=O) groups is 2. The molecule has 0 bridgehead atoms. The zero-order valence-corrected chi connectivity index (χ0v) is 16.3. The Morgan fingerprint density at radius 1 is 1.10 bits per heavy atom. The van der Waals surface area contributed by atoms with Crippen molar-refractivity contribution in [2.45, 2.75) is 25.5 Å². The zero-order valence-electron chi connectivity index (χ0n) is 16.3. The summed E-state index contributed by atoms with van der Waals surface area (Å²) in [6, 6.07) is 12.6. The topological polar surface area (TPSA) is 118 Å². The summed E-state index contributed by atoms with van der Waals surface area (Å²) >= 11 is 0. The summed E-state index contributed by atoms with van der Waals surface area (Å²) in [6.45, 7) is 1.52. The smallest absolute Gasteiger partial charge is 0.305 e. The molecule has 8 nitrogen and oxygen atoms in total. The number of methoxy groups -OCH3 is 2. The summed E-state index contributed by atoms with van der Waals surface area (Å²) < 4.78 is 16.0. The van der Waals surface area contributed by atoms with Crippen LogP contribution in [0, 0.1) is 11.3 Å². The highest BCUT2D eigenvalue weighted by atomic mass is 16.5. The van der Waals surface area contributed by atoms with Gasteiger partial charge in [-0.15, -0.1) is 0 Å². The summed E-state index contributed by atoms with van der Waals surface area (Å²) in [7, 11) is 2.96. The third-order valence-corrected chi connectivity index (χ3v) is 4.19. The molecule has 29 heavy (non-hydrogen) atoms. The molecule has 8 heteroatoms. The van der Waals surface area contributed by atoms with Crippen LogP contribution in [-0.4, -0.2) is 37.3 Å². The number of aliphatic carboxylic acids is 1. The van der Waals surface area contributed by atoms with E-state index in [1.165, 1.54) is 21.1 Å². The Bertz CT molecular complexity index is 922. The molecule has 2 rings (SSSR count). The number of nitrogens with one attached hydrogen (secondary N) is 1. The number of hydrogen-bond acceptors (Lipinski definition) is 6. The third-order valence-electron chi connectivity index (χ3n) is 4.19. The molecule has 0 aliphatic heterocycles. The molecule has 0 aromatic heterocycles. The van der Waals surface area contributed by atoms with Gasteiger partial charge in [-0.1, -0.05) is 18.2 Å². The Hall–Kier alpha value is -3.73. The van der Waals surface area contributed by atoms with E-state index in [-0.39, 0.29) is 12.2 Å². The molecule has 0 saturated heterocycles. The van der Waals surface area contributed by atoms with Crippen LogP contribution in [-0.2, 0) is 9.59 Å². The van der Waals surface area contributed by atoms with E-state index in [0.717, 1.165) is 0 Å². The number of ether oxygens (including phenoxy) is 3. The van der Waals surface area contributed by atoms with Gasteiger partial charge in [0, 0.05) is 0 Å². The minimum absolute atomic E-state index is 0.276. The van der Waals surface area contributed by atoms with E-state index in [4.69, 9.17) is 19.5 Å². The molecule has 2 N–H and O–H groups in total. The molecule has 0 heterocycles. The van der Waals surface area contributed by atoms with E-state index < -0.39 is 24.0 Å². The van der Waals surface area contributed by atoms with Gasteiger partial charge in [0.05, 0.1) is 32.2 Å². The molecule has 0 spiro atoms. The number of hydrogen-bond donors (Lipinski definition) is 2. The summed E-state index contributed by atoms with van der Waals surface area (Å²) in [4.78, 5) is 23.9. The fourth-order valence-corrected chi connectivity index (χ4v) is 2.69. The van der Waals surface area contributed by atoms with Gasteiger partial charge in [-0.05, 0) is 36.8 Å². The standard InChI is InChI=1S/C21H22N2O6/c1-13(29-17-7-5-4-6-15(17)12-22)21(26)23-16(11-20(24)25)14-8-9-18(27-2)19(10-14)28-3/h4-10,13,16H,11H2,1-3H3,(H,23,26)(H,24,25). The Morgan fingerprint density at radius 3 is 2.41 bits per heavy atom. The van der Waals surface area contributed by atoms with E-state index in [0.29, 0.717) is 22.6 Å². The molecular formula is C21H22N2O6. The van der Waals surface area contributed by atoms with Gasteiger partial charge in [0.25, 0.3) is 5.91 Å². The van der Waals surface area contributed by atoms with Crippen LogP contribution in [0.3, 0.4) is 0 Å². The quantitative estimate of drug-likeness (QED) is 0.667. The maximum Gasteiger partial charge on any atom is 0.305 e. The minimum Gasteiger partial charge on any atom is -0.493 e. The average Bonchev–Trinajstić information content (AvgIpc) is 2.72. The van der Waals surface area contributed by atoms with Crippen molar-refractivity contribution < 1.29 is 28.9 Å². The van der Waals surface area contributed by atoms with E-state index in [2.05, 4.69) is 5.32 Å². The van der Waals surface area contributed by atoms with Gasteiger partial charge in [-0.25, -0.2) is 0 Å². The highest BCUT2D eigenvalue weighted by molar-refractivity contribution is 5.82. The number of para-hydroxylation sites is 1. The third kappa shape index (κ3) is 5.62. The maximum absolute atomic E-state index is 12.6. The van der Waals surface area contributed by atoms with Gasteiger partial charge in [-0.3, -0.25) is 9.59 Å². The molecule has 0 saturated carbocycles. The number of carbonyl (C=O) groups excluding carboxylic acids is 1. The fourth-order valence-electron chi connectivity index (χ4n) is 2.69. The van der Waals surface area contributed by atoms with Crippen LogP contribution in [0.15, 0.2) is 42.5 Å². The first-order chi connectivity index (χ1) is 13.9. The number of amides is 1. The Labute approximate surface area is 168 Å². The molecule has 2 unspecified atom stereocenters. The molecule has 1 amide bonds. The van der Waals surface area contributed by atoms with Crippen LogP contribution >= 0.6 is 0 Å². The maximum atomic E-state index is 12.6. The lowest BCUT2D eigenvalue weighted by Gasteiger charge is -2.22. The summed E-state index contributed by atoms with van der Waals surface area (Å²) in [5.74, 6) is -0.408. The highest BCUT2D eigenvalue weighted by Crippen LogP contribution is 2.31. The number of nitriles is 1. The second-order valence-corrected chi connectivity index (χ2v) is 6.14. The van der Waals surface area contributed by atoms with Gasteiger partial charge < -0.3 is 24.6 Å². The van der Waals surface area contributed by atoms with Gasteiger partial charge in [-0.2, -0.15) is 5.26 Å². The predicted molar refractivity (Wildman–Crippen MR) is 104 cm³/mol. The lowest BCUT2D eigenvalue weighted by molar-refractivity contribution is -0.138. The normalized spacial score (nSPS) is 12.2. The predicted octanol–water partition coefficient (Wildman–Crippen LogP) is 2.67. The molecule has 0 aliphatic carbocycles. The monoisotopic (exact) mass is 398 g/mol. The van der Waals surface area contributed by atoms with Crippen molar-refractivity contribution >= 4 is 11.9 Å². The largest absolute Gasteiger partial charge is 0.493 e. The Kier molecular flexibility index (Phi) is 7.43. The average molecular weight is 398 g/mol. The number of nitrogens with zero attached hydrogens (tertiary/aromatic N) is 1. The van der Waals surface area contributed by atoms with Crippen LogP contribution in [0.25, 0.3) is 0 Å². The van der Waals surface area contributed by atoms with E-state index in [1.54, 1.807) is 42.5 Å². The first-order valence-corrected chi connectivity index (χ1v) is 8.79. The van der Waals surface area contributed by atoms with Gasteiger partial charge in [0.1, 0.15) is 11.8 Å². The first-order valence-electron chi connectivity index (χ1n) is 8.79. The van der Waals surface area contributed by atoms with Crippen molar-refractivity contribution in [2.75, 3.05) is 14.2 Å². The fraction of sp³-hybridized carbons (Fsp3) is 0.286. The van der Waals surface area contributed by atoms with Gasteiger partial charge >= 0.3 is 5.97 Å². The molecule has 2 atom stereocenters. The van der Waals surface area contributed by atoms with Crippen LogP contribution in [0.1, 0.15) is 30.5 Å². The SMILES string of the molecule is COc1ccc(C(CC(=O)O)NC(=O)C(C)Oc2ccccc2C#N)cc1OC. The molecule has 0 fully saturated rings. The van der Waals surface area contributed by atoms with Crippen molar-refractivity contribution in [3.05, 3.63) is 53.6 Å². The Morgan fingerprint density at radius 2 is 1.79 bits per heavy atom. The highest BCUT2D eigenvalue weighted by Gasteiger charge is 2.24. The number of benzene rings is 2. The molecule has 0 radical (unpaired) electrons. The van der Waals surface area contributed by atoms with Crippen LogP contribution < -0.4 is 19.5 Å². The Balaban J connectivity index is 2.20. The number of carboxylic acids is 1. The van der Waals surface area contributed by atoms with E-state index >= 15 is 0 Å². The van der Waals surface area contributed by atoms with Crippen molar-refractivity contribution in [1.82, 2.24) is 5.32 Å².